The number of hydrogen-bond donors (Lipinski definition) is 2. The van der Waals surface area contributed by atoms with Crippen LogP contribution in [0.3, 0.4) is 0 Å². The van der Waals surface area contributed by atoms with Crippen LogP contribution in [-0.2, 0) is 0 Å². The number of nitrogens with zero attached hydrogens (tertiary/aromatic N) is 3. The molecule has 2 aromatic rings. The van der Waals surface area contributed by atoms with Gasteiger partial charge in [0.05, 0.1) is 11.7 Å². The molecular formula is C21H30N4O3. The minimum atomic E-state index is -0.505. The van der Waals surface area contributed by atoms with Crippen molar-refractivity contribution in [2.75, 3.05) is 18.5 Å². The summed E-state index contributed by atoms with van der Waals surface area (Å²) in [5, 5.41) is 9.86. The molecule has 3 atom stereocenters. The Kier molecular flexibility index (Phi) is 5.29. The Morgan fingerprint density at radius 1 is 1.39 bits per heavy atom. The predicted octanol–water partition coefficient (Wildman–Crippen LogP) is 2.52. The van der Waals surface area contributed by atoms with Crippen LogP contribution < -0.4 is 10.6 Å². The predicted molar refractivity (Wildman–Crippen MR) is 108 cm³/mol. The van der Waals surface area contributed by atoms with Gasteiger partial charge in [-0.3, -0.25) is 4.79 Å². The molecule has 4 rings (SSSR count). The number of hydrogen-bond acceptors (Lipinski definition) is 6. The zero-order chi connectivity index (χ0) is 19.8. The fraction of sp³-hybridized carbons (Fsp3) is 0.619. The molecule has 1 aromatic carbocycles. The van der Waals surface area contributed by atoms with Gasteiger partial charge in [0.2, 0.25) is 0 Å². The highest BCUT2D eigenvalue weighted by Crippen LogP contribution is 2.37. The maximum absolute atomic E-state index is 11.8. The van der Waals surface area contributed by atoms with E-state index in [4.69, 9.17) is 10.2 Å². The van der Waals surface area contributed by atoms with Crippen molar-refractivity contribution >= 4 is 23.0 Å². The Morgan fingerprint density at radius 3 is 2.75 bits per heavy atom. The second-order valence-electron chi connectivity index (χ2n) is 8.37. The zero-order valence-corrected chi connectivity index (χ0v) is 16.7. The molecule has 7 heteroatoms. The number of nitrogens with two attached hydrogens (primary N) is 1. The smallest absolute Gasteiger partial charge is 0.298 e. The van der Waals surface area contributed by atoms with Crippen LogP contribution in [0.25, 0.3) is 11.1 Å². The summed E-state index contributed by atoms with van der Waals surface area (Å²) in [6.07, 6.45) is 6.13. The quantitative estimate of drug-likeness (QED) is 0.792. The first-order chi connectivity index (χ1) is 13.4. The Labute approximate surface area is 165 Å². The highest BCUT2D eigenvalue weighted by molar-refractivity contribution is 6.03. The van der Waals surface area contributed by atoms with Crippen molar-refractivity contribution in [3.63, 3.8) is 0 Å². The number of primary amides is 1. The van der Waals surface area contributed by atoms with Crippen LogP contribution in [0.15, 0.2) is 22.6 Å². The summed E-state index contributed by atoms with van der Waals surface area (Å²) in [5.41, 5.74) is 6.97. The number of carbonyl (C=O) groups is 1. The summed E-state index contributed by atoms with van der Waals surface area (Å²) in [5.74, 6) is -0.505. The maximum Gasteiger partial charge on any atom is 0.298 e. The van der Waals surface area contributed by atoms with Crippen LogP contribution in [-0.4, -0.2) is 58.7 Å². The van der Waals surface area contributed by atoms with Crippen LogP contribution in [0.2, 0.25) is 0 Å². The molecule has 0 radical (unpaired) electrons. The fourth-order valence-electron chi connectivity index (χ4n) is 4.86. The number of benzene rings is 1. The third kappa shape index (κ3) is 3.61. The first kappa shape index (κ1) is 19.2. The van der Waals surface area contributed by atoms with Crippen molar-refractivity contribution < 1.29 is 14.3 Å². The summed E-state index contributed by atoms with van der Waals surface area (Å²) >= 11 is 0. The van der Waals surface area contributed by atoms with E-state index in [9.17, 15) is 9.90 Å². The lowest BCUT2D eigenvalue weighted by Gasteiger charge is -2.49. The Hall–Kier alpha value is -2.12. The molecule has 7 nitrogen and oxygen atoms in total. The van der Waals surface area contributed by atoms with E-state index in [0.717, 1.165) is 12.8 Å². The summed E-state index contributed by atoms with van der Waals surface area (Å²) in [6, 6.07) is 7.25. The minimum absolute atomic E-state index is 0.315. The lowest BCUT2D eigenvalue weighted by atomic mass is 9.81. The van der Waals surface area contributed by atoms with Crippen molar-refractivity contribution in [1.29, 1.82) is 0 Å². The summed E-state index contributed by atoms with van der Waals surface area (Å²) in [6.45, 7) is 2.48. The standard InChI is InChI=1S/C21H30N4O3/c1-13(26)9-10-25(16-11-14-5-3-6-15(12-16)24(14)2)21-23-19-17(20(22)27)7-4-8-18(19)28-21/h4,7-8,13-16,26H,3,5-6,9-12H2,1-2H3,(H2,22,27). The molecule has 2 fully saturated rings. The van der Waals surface area contributed by atoms with Gasteiger partial charge in [-0.05, 0) is 58.2 Å². The summed E-state index contributed by atoms with van der Waals surface area (Å²) in [7, 11) is 2.24. The molecule has 0 saturated carbocycles. The van der Waals surface area contributed by atoms with Gasteiger partial charge in [-0.1, -0.05) is 12.5 Å². The molecule has 2 aliphatic heterocycles. The van der Waals surface area contributed by atoms with Crippen LogP contribution >= 0.6 is 0 Å². The minimum Gasteiger partial charge on any atom is -0.423 e. The molecule has 0 spiro atoms. The second-order valence-corrected chi connectivity index (χ2v) is 8.37. The van der Waals surface area contributed by atoms with Gasteiger partial charge in [0, 0.05) is 24.7 Å². The van der Waals surface area contributed by atoms with Gasteiger partial charge in [-0.2, -0.15) is 4.98 Å². The number of rotatable bonds is 6. The van der Waals surface area contributed by atoms with E-state index < -0.39 is 5.91 Å². The molecule has 3 heterocycles. The van der Waals surface area contributed by atoms with E-state index >= 15 is 0 Å². The van der Waals surface area contributed by atoms with Crippen LogP contribution in [0.1, 0.15) is 55.8 Å². The topological polar surface area (TPSA) is 95.8 Å². The first-order valence-electron chi connectivity index (χ1n) is 10.3. The van der Waals surface area contributed by atoms with E-state index in [0.29, 0.717) is 53.8 Å². The number of aliphatic hydroxyl groups excluding tert-OH is 1. The lowest BCUT2D eigenvalue weighted by molar-refractivity contribution is 0.0534. The van der Waals surface area contributed by atoms with Crippen molar-refractivity contribution in [3.8, 4) is 0 Å². The first-order valence-corrected chi connectivity index (χ1v) is 10.3. The van der Waals surface area contributed by atoms with Gasteiger partial charge < -0.3 is 25.1 Å². The number of para-hydroxylation sites is 1. The Morgan fingerprint density at radius 2 is 2.11 bits per heavy atom. The van der Waals surface area contributed by atoms with E-state index in [1.54, 1.807) is 19.1 Å². The SMILES string of the molecule is CC(O)CCN(c1nc2c(C(N)=O)cccc2o1)C1CC2CCCC(C1)N2C. The van der Waals surface area contributed by atoms with Crippen molar-refractivity contribution in [3.05, 3.63) is 23.8 Å². The third-order valence-electron chi connectivity index (χ3n) is 6.46. The molecule has 2 saturated heterocycles. The Bertz CT molecular complexity index is 835. The van der Waals surface area contributed by atoms with Gasteiger partial charge >= 0.3 is 0 Å². The Balaban J connectivity index is 1.67. The van der Waals surface area contributed by atoms with E-state index in [1.807, 2.05) is 6.07 Å². The number of fused-ring (bicyclic) bond motifs is 3. The highest BCUT2D eigenvalue weighted by Gasteiger charge is 2.39. The normalized spacial score (nSPS) is 26.3. The number of amides is 1. The summed E-state index contributed by atoms with van der Waals surface area (Å²) < 4.78 is 6.07. The van der Waals surface area contributed by atoms with Crippen LogP contribution in [0.4, 0.5) is 6.01 Å². The molecule has 3 unspecified atom stereocenters. The maximum atomic E-state index is 11.8. The average Bonchev–Trinajstić information content (AvgIpc) is 3.05. The van der Waals surface area contributed by atoms with Gasteiger partial charge in [-0.25, -0.2) is 0 Å². The van der Waals surface area contributed by atoms with Crippen LogP contribution in [0, 0.1) is 0 Å². The summed E-state index contributed by atoms with van der Waals surface area (Å²) in [4.78, 5) is 21.2. The number of carbonyl (C=O) groups excluding carboxylic acids is 1. The van der Waals surface area contributed by atoms with Crippen LogP contribution in [0.5, 0.6) is 0 Å². The van der Waals surface area contributed by atoms with E-state index in [-0.39, 0.29) is 6.10 Å². The number of piperidine rings is 2. The molecular weight excluding hydrogens is 356 g/mol. The molecule has 3 N–H and O–H groups in total. The number of aliphatic hydroxyl groups is 1. The van der Waals surface area contributed by atoms with Gasteiger partial charge in [-0.15, -0.1) is 0 Å². The average molecular weight is 386 g/mol. The molecule has 1 amide bonds. The van der Waals surface area contributed by atoms with Gasteiger partial charge in [0.25, 0.3) is 11.9 Å². The number of oxazole rings is 1. The molecule has 1 aromatic heterocycles. The van der Waals surface area contributed by atoms with E-state index in [2.05, 4.69) is 21.8 Å². The largest absolute Gasteiger partial charge is 0.423 e. The highest BCUT2D eigenvalue weighted by atomic mass is 16.4. The van der Waals surface area contributed by atoms with Gasteiger partial charge in [0.1, 0.15) is 5.52 Å². The number of aromatic nitrogens is 1. The van der Waals surface area contributed by atoms with Crippen molar-refractivity contribution in [1.82, 2.24) is 9.88 Å². The van der Waals surface area contributed by atoms with Crippen molar-refractivity contribution in [2.45, 2.75) is 69.7 Å². The molecule has 28 heavy (non-hydrogen) atoms. The third-order valence-corrected chi connectivity index (χ3v) is 6.46. The fourth-order valence-corrected chi connectivity index (χ4v) is 4.86. The second kappa shape index (κ2) is 7.72. The monoisotopic (exact) mass is 386 g/mol. The van der Waals surface area contributed by atoms with E-state index in [1.165, 1.54) is 19.3 Å². The molecule has 2 aliphatic rings. The molecule has 152 valence electrons. The lowest BCUT2D eigenvalue weighted by Crippen LogP contribution is -2.55. The molecule has 2 bridgehead atoms. The van der Waals surface area contributed by atoms with Gasteiger partial charge in [0.15, 0.2) is 5.58 Å². The number of anilines is 1. The van der Waals surface area contributed by atoms with Crippen molar-refractivity contribution in [2.24, 2.45) is 5.73 Å². The zero-order valence-electron chi connectivity index (χ0n) is 16.7. The molecule has 0 aliphatic carbocycles.